The Labute approximate surface area is 126 Å². The zero-order valence-corrected chi connectivity index (χ0v) is 13.1. The van der Waals surface area contributed by atoms with Gasteiger partial charge in [0.05, 0.1) is 5.69 Å². The van der Waals surface area contributed by atoms with E-state index in [1.807, 2.05) is 13.2 Å². The lowest BCUT2D eigenvalue weighted by Crippen LogP contribution is -2.59. The van der Waals surface area contributed by atoms with Gasteiger partial charge in [0, 0.05) is 45.1 Å². The molecule has 0 saturated carbocycles. The first-order chi connectivity index (χ1) is 10.3. The highest BCUT2D eigenvalue weighted by molar-refractivity contribution is 4.97. The fourth-order valence-electron chi connectivity index (χ4n) is 3.62. The van der Waals surface area contributed by atoms with E-state index in [-0.39, 0.29) is 5.54 Å². The largest absolute Gasteiger partial charge is 0.381 e. The highest BCUT2D eigenvalue weighted by atomic mass is 16.5. The predicted octanol–water partition coefficient (Wildman–Crippen LogP) is 0.940. The van der Waals surface area contributed by atoms with Crippen molar-refractivity contribution < 1.29 is 4.74 Å². The van der Waals surface area contributed by atoms with E-state index >= 15 is 0 Å². The predicted molar refractivity (Wildman–Crippen MR) is 80.9 cm³/mol. The fraction of sp³-hybridized carbons (Fsp3) is 0.867. The van der Waals surface area contributed by atoms with Gasteiger partial charge in [-0.25, -0.2) is 0 Å². The van der Waals surface area contributed by atoms with Gasteiger partial charge in [-0.2, -0.15) is 0 Å². The van der Waals surface area contributed by atoms with Crippen LogP contribution in [0.1, 0.15) is 37.8 Å². The maximum Gasteiger partial charge on any atom is 0.0964 e. The summed E-state index contributed by atoms with van der Waals surface area (Å²) >= 11 is 0. The molecule has 6 heteroatoms. The Morgan fingerprint density at radius 1 is 1.24 bits per heavy atom. The van der Waals surface area contributed by atoms with E-state index < -0.39 is 0 Å². The highest BCUT2D eigenvalue weighted by Crippen LogP contribution is 2.30. The summed E-state index contributed by atoms with van der Waals surface area (Å²) in [6, 6.07) is 0. The van der Waals surface area contributed by atoms with Crippen LogP contribution in [0.15, 0.2) is 6.20 Å². The lowest BCUT2D eigenvalue weighted by Gasteiger charge is -2.48. The van der Waals surface area contributed by atoms with Gasteiger partial charge in [0.15, 0.2) is 0 Å². The molecule has 0 bridgehead atoms. The molecule has 0 radical (unpaired) electrons. The van der Waals surface area contributed by atoms with Crippen molar-refractivity contribution in [2.75, 3.05) is 32.8 Å². The van der Waals surface area contributed by atoms with Crippen molar-refractivity contribution in [3.8, 4) is 0 Å². The summed E-state index contributed by atoms with van der Waals surface area (Å²) in [5.41, 5.74) is 1.29. The van der Waals surface area contributed by atoms with E-state index in [4.69, 9.17) is 4.74 Å². The molecule has 3 rings (SSSR count). The molecule has 1 aromatic rings. The number of nitrogens with zero attached hydrogens (tertiary/aromatic N) is 4. The second-order valence-electron chi connectivity index (χ2n) is 6.37. The normalized spacial score (nSPS) is 23.3. The Morgan fingerprint density at radius 3 is 2.67 bits per heavy atom. The van der Waals surface area contributed by atoms with Crippen LogP contribution in [0.3, 0.4) is 0 Å². The smallest absolute Gasteiger partial charge is 0.0964 e. The number of nitrogens with one attached hydrogen (secondary N) is 1. The van der Waals surface area contributed by atoms with E-state index in [2.05, 4.69) is 20.5 Å². The van der Waals surface area contributed by atoms with Gasteiger partial charge in [-0.15, -0.1) is 5.10 Å². The van der Waals surface area contributed by atoms with E-state index in [1.54, 1.807) is 4.68 Å². The van der Waals surface area contributed by atoms with Crippen LogP contribution in [0.25, 0.3) is 0 Å². The van der Waals surface area contributed by atoms with Crippen molar-refractivity contribution >= 4 is 0 Å². The van der Waals surface area contributed by atoms with E-state index in [1.165, 1.54) is 32.4 Å². The summed E-state index contributed by atoms with van der Waals surface area (Å²) in [7, 11) is 1.91. The SMILES string of the molecule is Cn1cc(CNCC2(N3CCCCC3)CCOCC2)nn1. The molecule has 0 aromatic carbocycles. The molecule has 0 atom stereocenters. The Hall–Kier alpha value is -0.980. The Kier molecular flexibility index (Phi) is 4.87. The van der Waals surface area contributed by atoms with Gasteiger partial charge in [-0.3, -0.25) is 9.58 Å². The minimum absolute atomic E-state index is 0.279. The van der Waals surface area contributed by atoms with Gasteiger partial charge in [-0.1, -0.05) is 11.6 Å². The topological polar surface area (TPSA) is 55.2 Å². The second kappa shape index (κ2) is 6.85. The number of ether oxygens (including phenoxy) is 1. The maximum atomic E-state index is 5.60. The molecule has 2 aliphatic heterocycles. The summed E-state index contributed by atoms with van der Waals surface area (Å²) in [6.07, 6.45) is 8.32. The molecule has 3 heterocycles. The zero-order valence-electron chi connectivity index (χ0n) is 13.1. The van der Waals surface area contributed by atoms with Gasteiger partial charge in [0.2, 0.25) is 0 Å². The van der Waals surface area contributed by atoms with Crippen LogP contribution in [-0.4, -0.2) is 58.3 Å². The first kappa shape index (κ1) is 14.9. The summed E-state index contributed by atoms with van der Waals surface area (Å²) in [6.45, 7) is 6.09. The Morgan fingerprint density at radius 2 is 2.00 bits per heavy atom. The number of aromatic nitrogens is 3. The number of piperidine rings is 1. The van der Waals surface area contributed by atoms with Crippen molar-refractivity contribution in [1.29, 1.82) is 0 Å². The number of hydrogen-bond donors (Lipinski definition) is 1. The van der Waals surface area contributed by atoms with Gasteiger partial charge in [0.25, 0.3) is 0 Å². The average molecular weight is 293 g/mol. The molecule has 6 nitrogen and oxygen atoms in total. The third-order valence-corrected chi connectivity index (χ3v) is 4.86. The van der Waals surface area contributed by atoms with Crippen molar-refractivity contribution in [3.63, 3.8) is 0 Å². The van der Waals surface area contributed by atoms with Crippen LogP contribution in [0.5, 0.6) is 0 Å². The van der Waals surface area contributed by atoms with E-state index in [9.17, 15) is 0 Å². The molecule has 21 heavy (non-hydrogen) atoms. The van der Waals surface area contributed by atoms with Gasteiger partial charge in [0.1, 0.15) is 0 Å². The van der Waals surface area contributed by atoms with Gasteiger partial charge in [-0.05, 0) is 38.8 Å². The molecule has 2 fully saturated rings. The summed E-state index contributed by atoms with van der Waals surface area (Å²) in [5.74, 6) is 0. The monoisotopic (exact) mass is 293 g/mol. The van der Waals surface area contributed by atoms with Gasteiger partial charge >= 0.3 is 0 Å². The molecule has 118 valence electrons. The summed E-state index contributed by atoms with van der Waals surface area (Å²) in [5, 5.41) is 11.7. The average Bonchev–Trinajstić information content (AvgIpc) is 2.95. The first-order valence-electron chi connectivity index (χ1n) is 8.17. The quantitative estimate of drug-likeness (QED) is 0.875. The van der Waals surface area contributed by atoms with Crippen molar-refractivity contribution in [3.05, 3.63) is 11.9 Å². The molecule has 0 spiro atoms. The summed E-state index contributed by atoms with van der Waals surface area (Å²) in [4.78, 5) is 2.71. The van der Waals surface area contributed by atoms with Crippen molar-refractivity contribution in [2.24, 2.45) is 7.05 Å². The van der Waals surface area contributed by atoms with Crippen molar-refractivity contribution in [1.82, 2.24) is 25.2 Å². The van der Waals surface area contributed by atoms with Crippen LogP contribution in [0.4, 0.5) is 0 Å². The molecule has 2 aliphatic rings. The number of rotatable bonds is 5. The molecule has 0 unspecified atom stereocenters. The van der Waals surface area contributed by atoms with Crippen LogP contribution in [0, 0.1) is 0 Å². The van der Waals surface area contributed by atoms with E-state index in [0.29, 0.717) is 0 Å². The highest BCUT2D eigenvalue weighted by Gasteiger charge is 2.38. The van der Waals surface area contributed by atoms with Crippen LogP contribution in [-0.2, 0) is 18.3 Å². The molecule has 0 aliphatic carbocycles. The third-order valence-electron chi connectivity index (χ3n) is 4.86. The molecule has 1 aromatic heterocycles. The number of likely N-dealkylation sites (tertiary alicyclic amines) is 1. The minimum atomic E-state index is 0.279. The molecular weight excluding hydrogens is 266 g/mol. The van der Waals surface area contributed by atoms with Crippen molar-refractivity contribution in [2.45, 2.75) is 44.2 Å². The number of aryl methyl sites for hydroxylation is 1. The Balaban J connectivity index is 1.59. The molecular formula is C15H27N5O. The molecule has 0 amide bonds. The first-order valence-corrected chi connectivity index (χ1v) is 8.17. The maximum absolute atomic E-state index is 5.60. The van der Waals surface area contributed by atoms with Gasteiger partial charge < -0.3 is 10.1 Å². The van der Waals surface area contributed by atoms with E-state index in [0.717, 1.165) is 44.8 Å². The van der Waals surface area contributed by atoms with Crippen LogP contribution < -0.4 is 5.32 Å². The molecule has 1 N–H and O–H groups in total. The molecule has 2 saturated heterocycles. The Bertz CT molecular complexity index is 435. The standard InChI is InChI=1S/C15H27N5O/c1-19-12-14(17-18-19)11-16-13-15(5-9-21-10-6-15)20-7-3-2-4-8-20/h12,16H,2-11,13H2,1H3. The number of hydrogen-bond acceptors (Lipinski definition) is 5. The fourth-order valence-corrected chi connectivity index (χ4v) is 3.62. The van der Waals surface area contributed by atoms with Crippen LogP contribution in [0.2, 0.25) is 0 Å². The van der Waals surface area contributed by atoms with Crippen LogP contribution >= 0.6 is 0 Å². The third kappa shape index (κ3) is 3.62. The minimum Gasteiger partial charge on any atom is -0.381 e. The zero-order chi connectivity index (χ0) is 14.5. The lowest BCUT2D eigenvalue weighted by molar-refractivity contribution is -0.0358. The lowest BCUT2D eigenvalue weighted by atomic mass is 9.86. The second-order valence-corrected chi connectivity index (χ2v) is 6.37. The summed E-state index contributed by atoms with van der Waals surface area (Å²) < 4.78 is 7.36.